The molecule has 124 valence electrons. The van der Waals surface area contributed by atoms with Crippen LogP contribution in [0.25, 0.3) is 5.69 Å². The van der Waals surface area contributed by atoms with Gasteiger partial charge in [-0.05, 0) is 43.9 Å². The van der Waals surface area contributed by atoms with Crippen LogP contribution in [0.1, 0.15) is 44.0 Å². The first kappa shape index (κ1) is 17.1. The number of amides is 1. The van der Waals surface area contributed by atoms with E-state index in [0.29, 0.717) is 17.9 Å². The molecule has 6 nitrogen and oxygen atoms in total. The van der Waals surface area contributed by atoms with Crippen molar-refractivity contribution < 1.29 is 9.90 Å². The van der Waals surface area contributed by atoms with Crippen LogP contribution in [0.4, 0.5) is 0 Å². The van der Waals surface area contributed by atoms with Crippen LogP contribution in [0.2, 0.25) is 0 Å². The molecule has 1 heterocycles. The molecule has 1 aromatic carbocycles. The summed E-state index contributed by atoms with van der Waals surface area (Å²) in [5, 5.41) is 20.8. The molecule has 0 aliphatic rings. The second kappa shape index (κ2) is 7.37. The van der Waals surface area contributed by atoms with E-state index in [1.165, 1.54) is 0 Å². The second-order valence-corrected chi connectivity index (χ2v) is 6.51. The van der Waals surface area contributed by atoms with Gasteiger partial charge in [-0.2, -0.15) is 0 Å². The molecule has 0 spiro atoms. The first-order valence-corrected chi connectivity index (χ1v) is 7.85. The predicted molar refractivity (Wildman–Crippen MR) is 88.4 cm³/mol. The highest BCUT2D eigenvalue weighted by atomic mass is 16.3. The zero-order valence-corrected chi connectivity index (χ0v) is 13.9. The maximum atomic E-state index is 12.3. The van der Waals surface area contributed by atoms with Crippen LogP contribution >= 0.6 is 0 Å². The fourth-order valence-corrected chi connectivity index (χ4v) is 2.20. The lowest BCUT2D eigenvalue weighted by molar-refractivity contribution is 0.0429. The number of nitrogens with zero attached hydrogens (tertiary/aromatic N) is 3. The van der Waals surface area contributed by atoms with Crippen LogP contribution in [0.5, 0.6) is 0 Å². The van der Waals surface area contributed by atoms with Gasteiger partial charge in [-0.3, -0.25) is 4.79 Å². The first-order chi connectivity index (χ1) is 10.9. The summed E-state index contributed by atoms with van der Waals surface area (Å²) in [6.45, 7) is 6.21. The number of hydrogen-bond donors (Lipinski definition) is 2. The lowest BCUT2D eigenvalue weighted by Gasteiger charge is -2.24. The van der Waals surface area contributed by atoms with E-state index in [1.807, 2.05) is 6.07 Å². The normalized spacial score (nSPS) is 13.8. The molecule has 1 atom stereocenters. The molecule has 0 saturated carbocycles. The highest BCUT2D eigenvalue weighted by Gasteiger charge is 2.21. The van der Waals surface area contributed by atoms with Gasteiger partial charge in [0.05, 0.1) is 23.7 Å². The monoisotopic (exact) mass is 316 g/mol. The fourth-order valence-electron chi connectivity index (χ4n) is 2.20. The van der Waals surface area contributed by atoms with E-state index in [1.54, 1.807) is 42.2 Å². The largest absolute Gasteiger partial charge is 0.388 e. The van der Waals surface area contributed by atoms with E-state index >= 15 is 0 Å². The molecular formula is C17H24N4O2. The van der Waals surface area contributed by atoms with E-state index in [2.05, 4.69) is 29.5 Å². The van der Waals surface area contributed by atoms with Crippen LogP contribution < -0.4 is 5.32 Å². The summed E-state index contributed by atoms with van der Waals surface area (Å²) in [6.07, 6.45) is 4.88. The Labute approximate surface area is 136 Å². The van der Waals surface area contributed by atoms with Crippen LogP contribution in [-0.4, -0.2) is 38.2 Å². The summed E-state index contributed by atoms with van der Waals surface area (Å²) in [5.74, 6) is 0.313. The highest BCUT2D eigenvalue weighted by Crippen LogP contribution is 2.16. The van der Waals surface area contributed by atoms with Crippen molar-refractivity contribution in [3.63, 3.8) is 0 Å². The van der Waals surface area contributed by atoms with Crippen molar-refractivity contribution >= 4 is 5.91 Å². The van der Waals surface area contributed by atoms with Crippen molar-refractivity contribution in [3.8, 4) is 5.69 Å². The van der Waals surface area contributed by atoms with E-state index in [9.17, 15) is 9.90 Å². The van der Waals surface area contributed by atoms with E-state index < -0.39 is 5.60 Å². The van der Waals surface area contributed by atoms with Crippen LogP contribution in [-0.2, 0) is 0 Å². The topological polar surface area (TPSA) is 80.0 Å². The fraction of sp³-hybridized carbons (Fsp3) is 0.471. The van der Waals surface area contributed by atoms with Gasteiger partial charge in [0.2, 0.25) is 0 Å². The molecular weight excluding hydrogens is 292 g/mol. The van der Waals surface area contributed by atoms with E-state index in [-0.39, 0.29) is 12.5 Å². The lowest BCUT2D eigenvalue weighted by Crippen LogP contribution is -2.40. The van der Waals surface area contributed by atoms with Crippen LogP contribution in [0, 0.1) is 5.92 Å². The molecule has 0 fully saturated rings. The third kappa shape index (κ3) is 5.17. The van der Waals surface area contributed by atoms with Crippen molar-refractivity contribution in [2.45, 2.75) is 39.2 Å². The van der Waals surface area contributed by atoms with Crippen LogP contribution in [0.15, 0.2) is 36.7 Å². The third-order valence-corrected chi connectivity index (χ3v) is 3.69. The number of nitrogens with one attached hydrogen (secondary N) is 1. The number of benzene rings is 1. The van der Waals surface area contributed by atoms with Gasteiger partial charge in [-0.15, -0.1) is 5.10 Å². The SMILES string of the molecule is CC(C)CCC(C)(O)CNC(=O)c1cccc(-n2ccnn2)c1. The Morgan fingerprint density at radius 1 is 1.43 bits per heavy atom. The summed E-state index contributed by atoms with van der Waals surface area (Å²) in [6, 6.07) is 7.12. The molecule has 2 N–H and O–H groups in total. The summed E-state index contributed by atoms with van der Waals surface area (Å²) >= 11 is 0. The molecule has 1 unspecified atom stereocenters. The van der Waals surface area contributed by atoms with Gasteiger partial charge in [-0.25, -0.2) is 4.68 Å². The Morgan fingerprint density at radius 2 is 2.22 bits per heavy atom. The minimum Gasteiger partial charge on any atom is -0.388 e. The third-order valence-electron chi connectivity index (χ3n) is 3.69. The molecule has 2 rings (SSSR count). The van der Waals surface area contributed by atoms with Crippen molar-refractivity contribution in [1.82, 2.24) is 20.3 Å². The molecule has 0 saturated heterocycles. The quantitative estimate of drug-likeness (QED) is 0.820. The van der Waals surface area contributed by atoms with Gasteiger partial charge in [0.15, 0.2) is 0 Å². The number of carbonyl (C=O) groups is 1. The van der Waals surface area contributed by atoms with Crippen LogP contribution in [0.3, 0.4) is 0 Å². The Bertz CT molecular complexity index is 636. The second-order valence-electron chi connectivity index (χ2n) is 6.51. The average Bonchev–Trinajstić information content (AvgIpc) is 3.05. The molecule has 23 heavy (non-hydrogen) atoms. The average molecular weight is 316 g/mol. The standard InChI is InChI=1S/C17H24N4O2/c1-13(2)7-8-17(3,23)12-18-16(22)14-5-4-6-15(11-14)21-10-9-19-20-21/h4-6,9-11,13,23H,7-8,12H2,1-3H3,(H,18,22). The van der Waals surface area contributed by atoms with Crippen molar-refractivity contribution in [2.75, 3.05) is 6.54 Å². The molecule has 0 radical (unpaired) electrons. The Morgan fingerprint density at radius 3 is 2.87 bits per heavy atom. The minimum absolute atomic E-state index is 0.211. The van der Waals surface area contributed by atoms with Crippen molar-refractivity contribution in [3.05, 3.63) is 42.2 Å². The number of carbonyl (C=O) groups excluding carboxylic acids is 1. The van der Waals surface area contributed by atoms with Gasteiger partial charge in [0.25, 0.3) is 5.91 Å². The van der Waals surface area contributed by atoms with Gasteiger partial charge in [0.1, 0.15) is 0 Å². The van der Waals surface area contributed by atoms with E-state index in [4.69, 9.17) is 0 Å². The maximum Gasteiger partial charge on any atom is 0.251 e. The van der Waals surface area contributed by atoms with E-state index in [0.717, 1.165) is 12.1 Å². The minimum atomic E-state index is -0.899. The summed E-state index contributed by atoms with van der Waals surface area (Å²) in [4.78, 5) is 12.3. The molecule has 2 aromatic rings. The van der Waals surface area contributed by atoms with Gasteiger partial charge < -0.3 is 10.4 Å². The summed E-state index contributed by atoms with van der Waals surface area (Å²) in [5.41, 5.74) is 0.392. The number of aliphatic hydroxyl groups is 1. The highest BCUT2D eigenvalue weighted by molar-refractivity contribution is 5.94. The summed E-state index contributed by atoms with van der Waals surface area (Å²) < 4.78 is 1.59. The molecule has 0 bridgehead atoms. The molecule has 1 amide bonds. The number of hydrogen-bond acceptors (Lipinski definition) is 4. The molecule has 0 aliphatic heterocycles. The zero-order valence-electron chi connectivity index (χ0n) is 13.9. The first-order valence-electron chi connectivity index (χ1n) is 7.85. The van der Waals surface area contributed by atoms with Crippen molar-refractivity contribution in [2.24, 2.45) is 5.92 Å². The number of rotatable bonds is 7. The molecule has 1 aromatic heterocycles. The Balaban J connectivity index is 1.97. The Hall–Kier alpha value is -2.21. The predicted octanol–water partition coefficient (Wildman–Crippen LogP) is 2.18. The molecule has 6 heteroatoms. The van der Waals surface area contributed by atoms with Crippen molar-refractivity contribution in [1.29, 1.82) is 0 Å². The maximum absolute atomic E-state index is 12.3. The number of aromatic nitrogens is 3. The van der Waals surface area contributed by atoms with Gasteiger partial charge in [0, 0.05) is 12.1 Å². The summed E-state index contributed by atoms with van der Waals surface area (Å²) in [7, 11) is 0. The zero-order chi connectivity index (χ0) is 16.9. The van der Waals surface area contributed by atoms with Gasteiger partial charge >= 0.3 is 0 Å². The van der Waals surface area contributed by atoms with Gasteiger partial charge in [-0.1, -0.05) is 25.1 Å². The molecule has 0 aliphatic carbocycles. The smallest absolute Gasteiger partial charge is 0.251 e. The Kier molecular flexibility index (Phi) is 5.50. The lowest BCUT2D eigenvalue weighted by atomic mass is 9.95.